The fourth-order valence-corrected chi connectivity index (χ4v) is 9.77. The van der Waals surface area contributed by atoms with E-state index in [2.05, 4.69) is 141 Å². The zero-order valence-electron chi connectivity index (χ0n) is 52.2. The van der Waals surface area contributed by atoms with Crippen LogP contribution in [0.5, 0.6) is 0 Å². The number of aliphatic hydroxyl groups excluding tert-OH is 5. The van der Waals surface area contributed by atoms with Gasteiger partial charge in [-0.25, -0.2) is 0 Å². The van der Waals surface area contributed by atoms with Crippen LogP contribution < -0.4 is 5.32 Å². The number of rotatable bonds is 56. The van der Waals surface area contributed by atoms with Gasteiger partial charge >= 0.3 is 0 Å². The Morgan fingerprint density at radius 1 is 0.427 bits per heavy atom. The highest BCUT2D eigenvalue weighted by molar-refractivity contribution is 5.76. The van der Waals surface area contributed by atoms with E-state index in [0.29, 0.717) is 6.42 Å². The molecule has 0 saturated carbocycles. The lowest BCUT2D eigenvalue weighted by atomic mass is 9.99. The zero-order chi connectivity index (χ0) is 59.3. The number of carbonyl (C=O) groups excluding carboxylic acids is 1. The molecule has 1 aliphatic heterocycles. The molecule has 468 valence electrons. The van der Waals surface area contributed by atoms with Crippen molar-refractivity contribution in [3.63, 3.8) is 0 Å². The Balaban J connectivity index is 2.18. The van der Waals surface area contributed by atoms with E-state index in [1.54, 1.807) is 6.08 Å². The maximum absolute atomic E-state index is 13.1. The second kappa shape index (κ2) is 60.5. The van der Waals surface area contributed by atoms with Gasteiger partial charge in [0.2, 0.25) is 5.91 Å². The summed E-state index contributed by atoms with van der Waals surface area (Å²) in [7, 11) is 0. The molecule has 1 rings (SSSR count). The first-order valence-corrected chi connectivity index (χ1v) is 33.4. The third-order valence-corrected chi connectivity index (χ3v) is 15.0. The van der Waals surface area contributed by atoms with Crippen LogP contribution in [0.2, 0.25) is 0 Å². The van der Waals surface area contributed by atoms with Crippen molar-refractivity contribution in [2.45, 2.75) is 307 Å². The van der Waals surface area contributed by atoms with E-state index < -0.39 is 49.5 Å². The smallest absolute Gasteiger partial charge is 0.220 e. The number of amides is 1. The molecule has 9 heteroatoms. The molecule has 1 fully saturated rings. The average molecular weight is 1140 g/mol. The molecule has 82 heavy (non-hydrogen) atoms. The molecule has 0 spiro atoms. The molecule has 0 radical (unpaired) electrons. The number of hydrogen-bond acceptors (Lipinski definition) is 8. The molecular weight excluding hydrogens is 1020 g/mol. The van der Waals surface area contributed by atoms with Crippen LogP contribution in [0.1, 0.15) is 264 Å². The highest BCUT2D eigenvalue weighted by Crippen LogP contribution is 2.23. The minimum absolute atomic E-state index is 0.189. The van der Waals surface area contributed by atoms with Gasteiger partial charge in [0.15, 0.2) is 6.29 Å². The zero-order valence-corrected chi connectivity index (χ0v) is 52.2. The summed E-state index contributed by atoms with van der Waals surface area (Å²) < 4.78 is 11.3. The SMILES string of the molecule is CC/C=C\C/C=C\C/C=C\C/C=C\C/C=C\C/C=C\C/C=C\C/C=C\C/C=C\C/C=C\CCCCCCCCCCC(=O)NC(COC1OC(CO)C(O)C(O)C1O)C(O)/C=C/CCCCCCCCCCCCCCCCCCCC. The Labute approximate surface area is 502 Å². The highest BCUT2D eigenvalue weighted by Gasteiger charge is 2.44. The van der Waals surface area contributed by atoms with E-state index in [4.69, 9.17) is 9.47 Å². The minimum atomic E-state index is -1.58. The summed E-state index contributed by atoms with van der Waals surface area (Å²) in [6.45, 7) is 3.67. The third-order valence-electron chi connectivity index (χ3n) is 15.0. The van der Waals surface area contributed by atoms with Crippen LogP contribution >= 0.6 is 0 Å². The van der Waals surface area contributed by atoms with E-state index in [0.717, 1.165) is 116 Å². The van der Waals surface area contributed by atoms with Gasteiger partial charge in [0.1, 0.15) is 24.4 Å². The average Bonchev–Trinajstić information content (AvgIpc) is 3.52. The van der Waals surface area contributed by atoms with Crippen molar-refractivity contribution in [1.29, 1.82) is 0 Å². The van der Waals surface area contributed by atoms with E-state index >= 15 is 0 Å². The lowest BCUT2D eigenvalue weighted by Gasteiger charge is -2.40. The molecule has 0 aromatic heterocycles. The lowest BCUT2D eigenvalue weighted by molar-refractivity contribution is -0.302. The van der Waals surface area contributed by atoms with Crippen molar-refractivity contribution in [1.82, 2.24) is 5.32 Å². The molecule has 7 atom stereocenters. The summed E-state index contributed by atoms with van der Waals surface area (Å²) in [6.07, 6.45) is 85.3. The molecular formula is C73H123NO8. The van der Waals surface area contributed by atoms with Crippen molar-refractivity contribution < 1.29 is 39.8 Å². The van der Waals surface area contributed by atoms with Crippen LogP contribution in [-0.2, 0) is 14.3 Å². The van der Waals surface area contributed by atoms with Gasteiger partial charge in [-0.15, -0.1) is 0 Å². The van der Waals surface area contributed by atoms with Crippen LogP contribution in [0, 0.1) is 0 Å². The molecule has 1 amide bonds. The van der Waals surface area contributed by atoms with E-state index in [-0.39, 0.29) is 12.5 Å². The molecule has 6 N–H and O–H groups in total. The molecule has 0 aliphatic carbocycles. The maximum Gasteiger partial charge on any atom is 0.220 e. The van der Waals surface area contributed by atoms with Crippen molar-refractivity contribution >= 4 is 5.91 Å². The summed E-state index contributed by atoms with van der Waals surface area (Å²) in [4.78, 5) is 13.1. The number of nitrogens with one attached hydrogen (secondary N) is 1. The van der Waals surface area contributed by atoms with Gasteiger partial charge in [-0.2, -0.15) is 0 Å². The fourth-order valence-electron chi connectivity index (χ4n) is 9.77. The number of ether oxygens (including phenoxy) is 2. The predicted octanol–water partition coefficient (Wildman–Crippen LogP) is 18.0. The Kier molecular flexibility index (Phi) is 56.3. The molecule has 1 saturated heterocycles. The number of aliphatic hydroxyl groups is 5. The van der Waals surface area contributed by atoms with Crippen LogP contribution in [0.4, 0.5) is 0 Å². The van der Waals surface area contributed by atoms with Gasteiger partial charge in [0.25, 0.3) is 0 Å². The second-order valence-corrected chi connectivity index (χ2v) is 22.5. The van der Waals surface area contributed by atoms with Crippen LogP contribution in [0.3, 0.4) is 0 Å². The standard InChI is InChI=1S/C73H123NO8/c1-3-5-7-9-11-13-15-17-19-21-23-25-26-27-28-29-30-31-32-33-34-35-36-37-38-39-40-41-42-43-45-47-49-51-53-55-57-59-61-63-69(77)74-66(65-81-73-72(80)71(79)70(78)68(64-75)82-73)67(76)62-60-58-56-54-52-50-48-46-44-24-22-20-18-16-14-12-10-8-6-4-2/h5,7,11,13,17,19,23,25,27-28,30-31,33-34,36-37,39-40,42-43,60,62,66-68,70-73,75-76,78-80H,3-4,6,8-10,12,14-16,18,20-22,24,26,29,32,35,38,41,44-59,61,63-65H2,1-2H3,(H,74,77)/b7-5-,13-11-,19-17-,25-23-,28-27-,31-30-,34-33-,37-36-,40-39-,43-42-,62-60+. The quantitative estimate of drug-likeness (QED) is 0.0261. The predicted molar refractivity (Wildman–Crippen MR) is 350 cm³/mol. The molecule has 0 bridgehead atoms. The summed E-state index contributed by atoms with van der Waals surface area (Å²) in [5.74, 6) is -0.189. The highest BCUT2D eigenvalue weighted by atomic mass is 16.7. The van der Waals surface area contributed by atoms with Gasteiger partial charge < -0.3 is 40.3 Å². The summed E-state index contributed by atoms with van der Waals surface area (Å²) in [5, 5.41) is 54.7. The number of carbonyl (C=O) groups is 1. The third kappa shape index (κ3) is 48.7. The first-order valence-electron chi connectivity index (χ1n) is 33.4. The summed E-state index contributed by atoms with van der Waals surface area (Å²) >= 11 is 0. The van der Waals surface area contributed by atoms with Crippen LogP contribution in [0.15, 0.2) is 134 Å². The van der Waals surface area contributed by atoms with Gasteiger partial charge in [-0.1, -0.05) is 295 Å². The Morgan fingerprint density at radius 3 is 1.12 bits per heavy atom. The van der Waals surface area contributed by atoms with E-state index in [1.807, 2.05) is 6.08 Å². The maximum atomic E-state index is 13.1. The molecule has 0 aromatic rings. The first kappa shape index (κ1) is 76.3. The van der Waals surface area contributed by atoms with Crippen molar-refractivity contribution in [3.05, 3.63) is 134 Å². The monoisotopic (exact) mass is 1140 g/mol. The largest absolute Gasteiger partial charge is 0.394 e. The molecule has 1 aliphatic rings. The Bertz CT molecular complexity index is 1750. The van der Waals surface area contributed by atoms with Crippen LogP contribution in [-0.4, -0.2) is 87.5 Å². The molecule has 9 nitrogen and oxygen atoms in total. The van der Waals surface area contributed by atoms with E-state index in [9.17, 15) is 30.3 Å². The molecule has 7 unspecified atom stereocenters. The van der Waals surface area contributed by atoms with Crippen LogP contribution in [0.25, 0.3) is 0 Å². The summed E-state index contributed by atoms with van der Waals surface area (Å²) in [5.41, 5.74) is 0. The number of allylic oxidation sites excluding steroid dienone is 21. The van der Waals surface area contributed by atoms with Crippen molar-refractivity contribution in [2.24, 2.45) is 0 Å². The fraction of sp³-hybridized carbons (Fsp3) is 0.685. The van der Waals surface area contributed by atoms with Crippen molar-refractivity contribution in [3.8, 4) is 0 Å². The number of hydrogen-bond donors (Lipinski definition) is 6. The Morgan fingerprint density at radius 2 is 0.756 bits per heavy atom. The first-order chi connectivity index (χ1) is 40.3. The van der Waals surface area contributed by atoms with Gasteiger partial charge in [-0.05, 0) is 96.3 Å². The van der Waals surface area contributed by atoms with Gasteiger partial charge in [0.05, 0.1) is 25.4 Å². The van der Waals surface area contributed by atoms with Gasteiger partial charge in [0, 0.05) is 6.42 Å². The second-order valence-electron chi connectivity index (χ2n) is 22.5. The lowest BCUT2D eigenvalue weighted by Crippen LogP contribution is -2.60. The Hall–Kier alpha value is -3.67. The van der Waals surface area contributed by atoms with Gasteiger partial charge in [-0.3, -0.25) is 4.79 Å². The minimum Gasteiger partial charge on any atom is -0.394 e. The molecule has 1 heterocycles. The topological polar surface area (TPSA) is 149 Å². The summed E-state index contributed by atoms with van der Waals surface area (Å²) in [6, 6.07) is -0.820. The van der Waals surface area contributed by atoms with E-state index in [1.165, 1.54) is 128 Å². The number of unbranched alkanes of at least 4 members (excludes halogenated alkanes) is 26. The molecule has 0 aromatic carbocycles. The van der Waals surface area contributed by atoms with Crippen molar-refractivity contribution in [2.75, 3.05) is 13.2 Å². The normalized spacial score (nSPS) is 19.2.